The third kappa shape index (κ3) is 7.11. The van der Waals surface area contributed by atoms with Gasteiger partial charge >= 0.3 is 0 Å². The Kier molecular flexibility index (Phi) is 9.56. The minimum absolute atomic E-state index is 0.356. The van der Waals surface area contributed by atoms with Gasteiger partial charge in [-0.25, -0.2) is 0 Å². The van der Waals surface area contributed by atoms with Crippen molar-refractivity contribution >= 4 is 5.96 Å². The molecule has 0 saturated carbocycles. The fourth-order valence-electron chi connectivity index (χ4n) is 3.55. The van der Waals surface area contributed by atoms with E-state index < -0.39 is 0 Å². The van der Waals surface area contributed by atoms with Gasteiger partial charge in [-0.05, 0) is 36.8 Å². The fourth-order valence-corrected chi connectivity index (χ4v) is 3.55. The Labute approximate surface area is 164 Å². The van der Waals surface area contributed by atoms with Gasteiger partial charge in [0.05, 0.1) is 6.10 Å². The van der Waals surface area contributed by atoms with Crippen LogP contribution in [0.15, 0.2) is 29.5 Å². The van der Waals surface area contributed by atoms with E-state index in [4.69, 9.17) is 9.47 Å². The second kappa shape index (κ2) is 11.9. The Morgan fingerprint density at radius 2 is 2.11 bits per heavy atom. The van der Waals surface area contributed by atoms with Gasteiger partial charge in [0.15, 0.2) is 5.96 Å². The molecule has 6 heteroatoms. The normalized spacial score (nSPS) is 17.4. The van der Waals surface area contributed by atoms with Crippen LogP contribution < -0.4 is 5.32 Å². The molecule has 0 amide bonds. The van der Waals surface area contributed by atoms with Gasteiger partial charge in [0, 0.05) is 65.3 Å². The zero-order valence-electron chi connectivity index (χ0n) is 17.4. The maximum atomic E-state index is 5.96. The summed E-state index contributed by atoms with van der Waals surface area (Å²) < 4.78 is 11.0. The number of hydrogen-bond acceptors (Lipinski definition) is 4. The van der Waals surface area contributed by atoms with E-state index in [-0.39, 0.29) is 0 Å². The number of aromatic nitrogens is 1. The molecule has 6 nitrogen and oxygen atoms in total. The van der Waals surface area contributed by atoms with Gasteiger partial charge in [0.2, 0.25) is 0 Å². The van der Waals surface area contributed by atoms with Crippen molar-refractivity contribution in [3.05, 3.63) is 30.1 Å². The highest BCUT2D eigenvalue weighted by Gasteiger charge is 2.23. The highest BCUT2D eigenvalue weighted by atomic mass is 16.5. The van der Waals surface area contributed by atoms with E-state index >= 15 is 0 Å². The summed E-state index contributed by atoms with van der Waals surface area (Å²) in [5.74, 6) is 1.94. The van der Waals surface area contributed by atoms with Gasteiger partial charge in [-0.1, -0.05) is 19.9 Å². The van der Waals surface area contributed by atoms with Crippen molar-refractivity contribution in [2.45, 2.75) is 45.1 Å². The molecule has 2 rings (SSSR count). The minimum Gasteiger partial charge on any atom is -0.385 e. The van der Waals surface area contributed by atoms with Crippen LogP contribution in [0.1, 0.15) is 44.6 Å². The van der Waals surface area contributed by atoms with Crippen molar-refractivity contribution in [2.24, 2.45) is 10.9 Å². The van der Waals surface area contributed by atoms with Gasteiger partial charge in [0.25, 0.3) is 0 Å². The maximum Gasteiger partial charge on any atom is 0.193 e. The lowest BCUT2D eigenvalue weighted by atomic mass is 9.89. The molecular formula is C21H36N4O2. The third-order valence-electron chi connectivity index (χ3n) is 5.20. The van der Waals surface area contributed by atoms with Crippen molar-refractivity contribution < 1.29 is 9.47 Å². The van der Waals surface area contributed by atoms with E-state index in [1.54, 1.807) is 7.11 Å². The molecule has 2 heterocycles. The smallest absolute Gasteiger partial charge is 0.193 e. The summed E-state index contributed by atoms with van der Waals surface area (Å²) in [4.78, 5) is 11.1. The zero-order valence-corrected chi connectivity index (χ0v) is 17.4. The largest absolute Gasteiger partial charge is 0.385 e. The minimum atomic E-state index is 0.356. The van der Waals surface area contributed by atoms with Gasteiger partial charge in [-0.3, -0.25) is 9.98 Å². The molecule has 1 N–H and O–H groups in total. The molecule has 0 aromatic carbocycles. The second-order valence-corrected chi connectivity index (χ2v) is 7.47. The molecule has 27 heavy (non-hydrogen) atoms. The predicted molar refractivity (Wildman–Crippen MR) is 110 cm³/mol. The Hall–Kier alpha value is -1.66. The second-order valence-electron chi connectivity index (χ2n) is 7.47. The Morgan fingerprint density at radius 1 is 1.33 bits per heavy atom. The molecule has 1 saturated heterocycles. The molecular weight excluding hydrogens is 340 g/mol. The van der Waals surface area contributed by atoms with Crippen LogP contribution in [0, 0.1) is 5.92 Å². The molecule has 0 radical (unpaired) electrons. The highest BCUT2D eigenvalue weighted by molar-refractivity contribution is 5.80. The average Bonchev–Trinajstić information content (AvgIpc) is 2.70. The van der Waals surface area contributed by atoms with E-state index in [0.29, 0.717) is 17.9 Å². The molecule has 1 aromatic heterocycles. The first-order valence-corrected chi connectivity index (χ1v) is 10.1. The van der Waals surface area contributed by atoms with Crippen molar-refractivity contribution in [1.29, 1.82) is 0 Å². The topological polar surface area (TPSA) is 59.0 Å². The van der Waals surface area contributed by atoms with E-state index in [1.807, 2.05) is 25.5 Å². The van der Waals surface area contributed by atoms with Crippen molar-refractivity contribution in [2.75, 3.05) is 47.0 Å². The lowest BCUT2D eigenvalue weighted by molar-refractivity contribution is 0.00989. The summed E-state index contributed by atoms with van der Waals surface area (Å²) in [7, 11) is 3.60. The first-order chi connectivity index (χ1) is 13.2. The molecule has 1 aliphatic heterocycles. The van der Waals surface area contributed by atoms with Crippen LogP contribution in [0.25, 0.3) is 0 Å². The number of guanidine groups is 1. The summed E-state index contributed by atoms with van der Waals surface area (Å²) in [6, 6.07) is 4.17. The monoisotopic (exact) mass is 376 g/mol. The van der Waals surface area contributed by atoms with Crippen LogP contribution in [-0.4, -0.2) is 69.0 Å². The zero-order chi connectivity index (χ0) is 19.5. The number of methoxy groups -OCH3 is 1. The van der Waals surface area contributed by atoms with Crippen LogP contribution in [0.3, 0.4) is 0 Å². The number of nitrogens with one attached hydrogen (secondary N) is 1. The van der Waals surface area contributed by atoms with Crippen molar-refractivity contribution in [3.8, 4) is 0 Å². The third-order valence-corrected chi connectivity index (χ3v) is 5.20. The SMILES string of the molecule is CN=C(NCC(c1cccnc1)C(C)C)N1CCC(OCCCOC)CC1. The van der Waals surface area contributed by atoms with E-state index in [1.165, 1.54) is 5.56 Å². The number of pyridine rings is 1. The number of aliphatic imine (C=N–C) groups is 1. The Balaban J connectivity index is 1.80. The first kappa shape index (κ1) is 21.6. The summed E-state index contributed by atoms with van der Waals surface area (Å²) in [5.41, 5.74) is 1.28. The van der Waals surface area contributed by atoms with Crippen LogP contribution in [-0.2, 0) is 9.47 Å². The van der Waals surface area contributed by atoms with Gasteiger partial charge in [-0.2, -0.15) is 0 Å². The molecule has 1 atom stereocenters. The molecule has 1 fully saturated rings. The van der Waals surface area contributed by atoms with Crippen molar-refractivity contribution in [3.63, 3.8) is 0 Å². The predicted octanol–water partition coefficient (Wildman–Crippen LogP) is 2.91. The molecule has 152 valence electrons. The summed E-state index contributed by atoms with van der Waals surface area (Å²) >= 11 is 0. The van der Waals surface area contributed by atoms with E-state index in [0.717, 1.165) is 58.1 Å². The molecule has 0 aliphatic carbocycles. The van der Waals surface area contributed by atoms with Gasteiger partial charge < -0.3 is 19.7 Å². The number of piperidine rings is 1. The molecule has 1 unspecified atom stereocenters. The lowest BCUT2D eigenvalue weighted by Crippen LogP contribution is -2.48. The first-order valence-electron chi connectivity index (χ1n) is 10.1. The van der Waals surface area contributed by atoms with Gasteiger partial charge in [-0.15, -0.1) is 0 Å². The lowest BCUT2D eigenvalue weighted by Gasteiger charge is -2.35. The number of ether oxygens (including phenoxy) is 2. The number of hydrogen-bond donors (Lipinski definition) is 1. The summed E-state index contributed by atoms with van der Waals surface area (Å²) in [6.45, 7) is 8.89. The fraction of sp³-hybridized carbons (Fsp3) is 0.714. The van der Waals surface area contributed by atoms with Crippen molar-refractivity contribution in [1.82, 2.24) is 15.2 Å². The Morgan fingerprint density at radius 3 is 2.70 bits per heavy atom. The molecule has 0 bridgehead atoms. The van der Waals surface area contributed by atoms with Crippen LogP contribution in [0.2, 0.25) is 0 Å². The number of nitrogens with zero attached hydrogens (tertiary/aromatic N) is 3. The Bertz CT molecular complexity index is 542. The molecule has 1 aliphatic rings. The summed E-state index contributed by atoms with van der Waals surface area (Å²) in [5, 5.41) is 3.58. The maximum absolute atomic E-state index is 5.96. The van der Waals surface area contributed by atoms with Crippen LogP contribution >= 0.6 is 0 Å². The highest BCUT2D eigenvalue weighted by Crippen LogP contribution is 2.23. The standard InChI is InChI=1S/C21H36N4O2/c1-17(2)20(18-7-5-10-23-15-18)16-24-21(22-3)25-11-8-19(9-12-25)27-14-6-13-26-4/h5,7,10,15,17,19-20H,6,8-9,11-14,16H2,1-4H3,(H,22,24). The van der Waals surface area contributed by atoms with E-state index in [2.05, 4.69) is 40.1 Å². The van der Waals surface area contributed by atoms with E-state index in [9.17, 15) is 0 Å². The molecule has 0 spiro atoms. The van der Waals surface area contributed by atoms with Gasteiger partial charge in [0.1, 0.15) is 0 Å². The molecule has 1 aromatic rings. The van der Waals surface area contributed by atoms with Crippen LogP contribution in [0.5, 0.6) is 0 Å². The number of likely N-dealkylation sites (tertiary alicyclic amines) is 1. The van der Waals surface area contributed by atoms with Crippen LogP contribution in [0.4, 0.5) is 0 Å². The summed E-state index contributed by atoms with van der Waals surface area (Å²) in [6.07, 6.45) is 7.21. The quantitative estimate of drug-likeness (QED) is 0.408. The number of rotatable bonds is 9. The average molecular weight is 377 g/mol.